The Labute approximate surface area is 112 Å². The summed E-state index contributed by atoms with van der Waals surface area (Å²) >= 11 is 0. The van der Waals surface area contributed by atoms with Crippen LogP contribution >= 0.6 is 0 Å². The highest BCUT2D eigenvalue weighted by Crippen LogP contribution is 2.32. The standard InChI is InChI=1S/C13H19N3O3/c1-9-12(15-5-4-14-9)10(2)16-7-13(3,8-16)19-6-11(17)18/h4-5,10H,6-8H2,1-3H3,(H,17,18). The highest BCUT2D eigenvalue weighted by molar-refractivity contribution is 5.68. The van der Waals surface area contributed by atoms with E-state index in [1.807, 2.05) is 13.8 Å². The van der Waals surface area contributed by atoms with Gasteiger partial charge in [0.05, 0.1) is 23.0 Å². The van der Waals surface area contributed by atoms with E-state index in [1.54, 1.807) is 12.4 Å². The van der Waals surface area contributed by atoms with Crippen molar-refractivity contribution in [1.29, 1.82) is 0 Å². The van der Waals surface area contributed by atoms with Crippen LogP contribution in [-0.2, 0) is 9.53 Å². The molecule has 2 rings (SSSR count). The van der Waals surface area contributed by atoms with Gasteiger partial charge in [0.25, 0.3) is 0 Å². The van der Waals surface area contributed by atoms with Crippen molar-refractivity contribution in [1.82, 2.24) is 14.9 Å². The number of hydrogen-bond acceptors (Lipinski definition) is 5. The summed E-state index contributed by atoms with van der Waals surface area (Å²) in [5.41, 5.74) is 1.51. The highest BCUT2D eigenvalue weighted by Gasteiger charge is 2.43. The maximum absolute atomic E-state index is 10.5. The molecule has 1 aliphatic heterocycles. The van der Waals surface area contributed by atoms with Gasteiger partial charge in [-0.2, -0.15) is 0 Å². The van der Waals surface area contributed by atoms with Crippen molar-refractivity contribution in [3.05, 3.63) is 23.8 Å². The molecule has 104 valence electrons. The fraction of sp³-hybridized carbons (Fsp3) is 0.615. The van der Waals surface area contributed by atoms with Crippen molar-refractivity contribution in [2.75, 3.05) is 19.7 Å². The minimum absolute atomic E-state index is 0.162. The van der Waals surface area contributed by atoms with Crippen LogP contribution in [0.2, 0.25) is 0 Å². The first-order chi connectivity index (χ1) is 8.91. The second-order valence-corrected chi connectivity index (χ2v) is 5.24. The quantitative estimate of drug-likeness (QED) is 0.856. The molecule has 6 heteroatoms. The zero-order chi connectivity index (χ0) is 14.0. The second-order valence-electron chi connectivity index (χ2n) is 5.24. The van der Waals surface area contributed by atoms with Crippen LogP contribution in [0.5, 0.6) is 0 Å². The van der Waals surface area contributed by atoms with E-state index >= 15 is 0 Å². The predicted octanol–water partition coefficient (Wildman–Crippen LogP) is 1.02. The van der Waals surface area contributed by atoms with Crippen molar-refractivity contribution in [3.8, 4) is 0 Å². The zero-order valence-corrected chi connectivity index (χ0v) is 11.5. The average Bonchev–Trinajstić information content (AvgIpc) is 2.33. The van der Waals surface area contributed by atoms with Gasteiger partial charge in [0.1, 0.15) is 6.61 Å². The minimum Gasteiger partial charge on any atom is -0.480 e. The van der Waals surface area contributed by atoms with E-state index in [0.29, 0.717) is 13.1 Å². The van der Waals surface area contributed by atoms with Gasteiger partial charge in [-0.25, -0.2) is 4.79 Å². The molecule has 1 aliphatic rings. The monoisotopic (exact) mass is 265 g/mol. The Hall–Kier alpha value is -1.53. The second kappa shape index (κ2) is 5.22. The Morgan fingerprint density at radius 3 is 2.74 bits per heavy atom. The Kier molecular flexibility index (Phi) is 3.82. The third kappa shape index (κ3) is 3.08. The van der Waals surface area contributed by atoms with Gasteiger partial charge >= 0.3 is 5.97 Å². The maximum Gasteiger partial charge on any atom is 0.329 e. The summed E-state index contributed by atoms with van der Waals surface area (Å²) in [6.45, 7) is 7.12. The lowest BCUT2D eigenvalue weighted by atomic mass is 9.93. The fourth-order valence-corrected chi connectivity index (χ4v) is 2.42. The number of ether oxygens (including phenoxy) is 1. The van der Waals surface area contributed by atoms with Gasteiger partial charge < -0.3 is 9.84 Å². The summed E-state index contributed by atoms with van der Waals surface area (Å²) < 4.78 is 5.40. The van der Waals surface area contributed by atoms with E-state index in [0.717, 1.165) is 11.4 Å². The molecule has 6 nitrogen and oxygen atoms in total. The SMILES string of the molecule is Cc1nccnc1C(C)N1CC(C)(OCC(=O)O)C1. The molecule has 0 aliphatic carbocycles. The molecular formula is C13H19N3O3. The number of carboxylic acid groups (broad SMARTS) is 1. The molecule has 0 spiro atoms. The lowest BCUT2D eigenvalue weighted by Crippen LogP contribution is -2.62. The van der Waals surface area contributed by atoms with Crippen molar-refractivity contribution < 1.29 is 14.6 Å². The van der Waals surface area contributed by atoms with Crippen molar-refractivity contribution in [2.24, 2.45) is 0 Å². The van der Waals surface area contributed by atoms with Gasteiger partial charge in [-0.05, 0) is 20.8 Å². The number of carbonyl (C=O) groups is 1. The first kappa shape index (κ1) is 13.9. The molecule has 1 aromatic rings. The molecule has 1 unspecified atom stereocenters. The maximum atomic E-state index is 10.5. The molecule has 0 radical (unpaired) electrons. The predicted molar refractivity (Wildman–Crippen MR) is 68.7 cm³/mol. The summed E-state index contributed by atoms with van der Waals surface area (Å²) in [5, 5.41) is 8.63. The van der Waals surface area contributed by atoms with Gasteiger partial charge in [-0.1, -0.05) is 0 Å². The Morgan fingerprint density at radius 1 is 1.53 bits per heavy atom. The summed E-state index contributed by atoms with van der Waals surface area (Å²) in [4.78, 5) is 21.3. The molecule has 1 saturated heterocycles. The highest BCUT2D eigenvalue weighted by atomic mass is 16.5. The molecule has 19 heavy (non-hydrogen) atoms. The fourth-order valence-electron chi connectivity index (χ4n) is 2.42. The van der Waals surface area contributed by atoms with E-state index in [1.165, 1.54) is 0 Å². The topological polar surface area (TPSA) is 75.5 Å². The summed E-state index contributed by atoms with van der Waals surface area (Å²) in [7, 11) is 0. The summed E-state index contributed by atoms with van der Waals surface area (Å²) in [5.74, 6) is -0.933. The van der Waals surface area contributed by atoms with Crippen LogP contribution < -0.4 is 0 Å². The summed E-state index contributed by atoms with van der Waals surface area (Å²) in [6.07, 6.45) is 3.38. The van der Waals surface area contributed by atoms with E-state index in [9.17, 15) is 4.79 Å². The third-order valence-electron chi connectivity index (χ3n) is 3.48. The van der Waals surface area contributed by atoms with Gasteiger partial charge in [0.15, 0.2) is 0 Å². The van der Waals surface area contributed by atoms with Gasteiger partial charge in [0, 0.05) is 25.5 Å². The van der Waals surface area contributed by atoms with Gasteiger partial charge in [-0.3, -0.25) is 14.9 Å². The number of likely N-dealkylation sites (tertiary alicyclic amines) is 1. The summed E-state index contributed by atoms with van der Waals surface area (Å²) in [6, 6.07) is 0.162. The molecule has 0 aromatic carbocycles. The molecule has 1 atom stereocenters. The Bertz CT molecular complexity index is 472. The molecule has 1 aromatic heterocycles. The van der Waals surface area contributed by atoms with Gasteiger partial charge in [-0.15, -0.1) is 0 Å². The zero-order valence-electron chi connectivity index (χ0n) is 11.5. The van der Waals surface area contributed by atoms with Crippen LogP contribution in [0.1, 0.15) is 31.3 Å². The number of aryl methyl sites for hydroxylation is 1. The van der Waals surface area contributed by atoms with E-state index in [-0.39, 0.29) is 18.2 Å². The average molecular weight is 265 g/mol. The molecule has 0 amide bonds. The number of carboxylic acids is 1. The number of aromatic nitrogens is 2. The lowest BCUT2D eigenvalue weighted by Gasteiger charge is -2.50. The van der Waals surface area contributed by atoms with Crippen LogP contribution in [-0.4, -0.2) is 51.2 Å². The number of aliphatic carboxylic acids is 1. The van der Waals surface area contributed by atoms with E-state index in [4.69, 9.17) is 9.84 Å². The normalized spacial score (nSPS) is 19.7. The number of rotatable bonds is 5. The van der Waals surface area contributed by atoms with Crippen LogP contribution in [0.3, 0.4) is 0 Å². The Balaban J connectivity index is 1.93. The molecular weight excluding hydrogens is 246 g/mol. The van der Waals surface area contributed by atoms with Gasteiger partial charge in [0.2, 0.25) is 0 Å². The number of nitrogens with zero attached hydrogens (tertiary/aromatic N) is 3. The van der Waals surface area contributed by atoms with Crippen molar-refractivity contribution in [2.45, 2.75) is 32.4 Å². The molecule has 0 bridgehead atoms. The van der Waals surface area contributed by atoms with Crippen LogP contribution in [0.15, 0.2) is 12.4 Å². The van der Waals surface area contributed by atoms with E-state index < -0.39 is 5.97 Å². The first-order valence-corrected chi connectivity index (χ1v) is 6.28. The molecule has 0 saturated carbocycles. The van der Waals surface area contributed by atoms with Crippen molar-refractivity contribution in [3.63, 3.8) is 0 Å². The smallest absolute Gasteiger partial charge is 0.329 e. The van der Waals surface area contributed by atoms with Crippen LogP contribution in [0.4, 0.5) is 0 Å². The van der Waals surface area contributed by atoms with Crippen molar-refractivity contribution >= 4 is 5.97 Å². The minimum atomic E-state index is -0.933. The molecule has 1 fully saturated rings. The largest absolute Gasteiger partial charge is 0.480 e. The lowest BCUT2D eigenvalue weighted by molar-refractivity contribution is -0.169. The third-order valence-corrected chi connectivity index (χ3v) is 3.48. The first-order valence-electron chi connectivity index (χ1n) is 6.28. The van der Waals surface area contributed by atoms with Crippen LogP contribution in [0.25, 0.3) is 0 Å². The van der Waals surface area contributed by atoms with E-state index in [2.05, 4.69) is 21.8 Å². The molecule has 1 N–H and O–H groups in total. The molecule has 2 heterocycles. The Morgan fingerprint density at radius 2 is 2.16 bits per heavy atom. The number of hydrogen-bond donors (Lipinski definition) is 1. The van der Waals surface area contributed by atoms with Crippen LogP contribution in [0, 0.1) is 6.92 Å².